The summed E-state index contributed by atoms with van der Waals surface area (Å²) in [7, 11) is 0. The molecule has 1 aliphatic carbocycles. The van der Waals surface area contributed by atoms with Crippen LogP contribution in [0.3, 0.4) is 0 Å². The first kappa shape index (κ1) is 33.5. The molecule has 7 nitrogen and oxygen atoms in total. The van der Waals surface area contributed by atoms with Crippen molar-refractivity contribution in [1.29, 1.82) is 0 Å². The van der Waals surface area contributed by atoms with Crippen LogP contribution in [0.25, 0.3) is 0 Å². The summed E-state index contributed by atoms with van der Waals surface area (Å²) in [5.41, 5.74) is 2.38. The summed E-state index contributed by atoms with van der Waals surface area (Å²) in [6.45, 7) is 3.31. The smallest absolute Gasteiger partial charge is 0.475 e. The Morgan fingerprint density at radius 2 is 1.61 bits per heavy atom. The summed E-state index contributed by atoms with van der Waals surface area (Å²) in [4.78, 5) is 28.9. The number of carboxylic acid groups (broad SMARTS) is 1. The van der Waals surface area contributed by atoms with E-state index < -0.39 is 24.1 Å². The fourth-order valence-corrected chi connectivity index (χ4v) is 5.94. The van der Waals surface area contributed by atoms with E-state index in [0.717, 1.165) is 55.6 Å². The van der Waals surface area contributed by atoms with Gasteiger partial charge in [-0.2, -0.15) is 17.6 Å². The minimum atomic E-state index is -5.08. The Balaban J connectivity index is 0.000000566. The molecular formula is C31H31BrF5N3O4. The molecule has 2 aliphatic rings. The normalized spacial score (nSPS) is 21.5. The van der Waals surface area contributed by atoms with Crippen molar-refractivity contribution in [1.82, 2.24) is 15.2 Å². The van der Waals surface area contributed by atoms with Crippen LogP contribution in [0.5, 0.6) is 0 Å². The molecule has 1 amide bonds. The lowest BCUT2D eigenvalue weighted by molar-refractivity contribution is -0.192. The van der Waals surface area contributed by atoms with E-state index in [1.54, 1.807) is 18.2 Å². The molecule has 44 heavy (non-hydrogen) atoms. The number of carboxylic acids is 1. The second-order valence-electron chi connectivity index (χ2n) is 10.6. The van der Waals surface area contributed by atoms with Crippen LogP contribution in [0.15, 0.2) is 71.3 Å². The summed E-state index contributed by atoms with van der Waals surface area (Å²) >= 11 is 3.52. The first-order valence-electron chi connectivity index (χ1n) is 14.0. The number of nitrogens with one attached hydrogen (secondary N) is 1. The highest BCUT2D eigenvalue weighted by atomic mass is 79.9. The van der Waals surface area contributed by atoms with Gasteiger partial charge >= 0.3 is 12.1 Å². The van der Waals surface area contributed by atoms with Crippen molar-refractivity contribution >= 4 is 27.8 Å². The third kappa shape index (κ3) is 9.05. The van der Waals surface area contributed by atoms with Gasteiger partial charge in [0, 0.05) is 35.7 Å². The van der Waals surface area contributed by atoms with E-state index in [4.69, 9.17) is 14.6 Å². The number of alkyl halides is 3. The molecule has 5 rings (SSSR count). The largest absolute Gasteiger partial charge is 0.490 e. The van der Waals surface area contributed by atoms with Gasteiger partial charge in [-0.25, -0.2) is 14.2 Å². The first-order chi connectivity index (χ1) is 20.9. The molecule has 2 fully saturated rings. The molecule has 3 aromatic rings. The van der Waals surface area contributed by atoms with Crippen LogP contribution in [0.4, 0.5) is 22.0 Å². The molecule has 2 heterocycles. The third-order valence-corrected chi connectivity index (χ3v) is 8.36. The summed E-state index contributed by atoms with van der Waals surface area (Å²) in [6.07, 6.45) is -1.15. The van der Waals surface area contributed by atoms with E-state index in [9.17, 15) is 26.7 Å². The molecular weight excluding hydrogens is 653 g/mol. The topological polar surface area (TPSA) is 91.8 Å². The van der Waals surface area contributed by atoms with Crippen LogP contribution in [0.1, 0.15) is 47.9 Å². The van der Waals surface area contributed by atoms with E-state index in [0.29, 0.717) is 17.2 Å². The Morgan fingerprint density at radius 3 is 2.20 bits per heavy atom. The summed E-state index contributed by atoms with van der Waals surface area (Å²) in [6, 6.07) is 16.9. The summed E-state index contributed by atoms with van der Waals surface area (Å²) in [5, 5.41) is 10.3. The number of morpholine rings is 1. The lowest BCUT2D eigenvalue weighted by Crippen LogP contribution is -2.48. The maximum absolute atomic E-state index is 14.0. The minimum absolute atomic E-state index is 0.0396. The maximum atomic E-state index is 14.0. The van der Waals surface area contributed by atoms with E-state index in [-0.39, 0.29) is 23.6 Å². The average molecular weight is 685 g/mol. The standard InChI is InChI=1S/C29H30BrF2N3O2.C2HF3O2/c30-22-5-1-19(2-6-22)26-18-24(35-13-15-37-16-14-35)9-10-25(26)29(36)34-28(20-3-7-23(31)8-4-20)21-11-12-33-27(32)17-21;3-2(4,5)1(6)7/h1-8,11-12,17,24-26,28H,9-10,13-16,18H2,(H,34,36);(H,6,7)/t24-,25-,26+,28?;/m1./s1. The van der Waals surface area contributed by atoms with Gasteiger partial charge in [-0.3, -0.25) is 9.69 Å². The molecule has 0 radical (unpaired) electrons. The molecule has 1 unspecified atom stereocenters. The quantitative estimate of drug-likeness (QED) is 0.236. The second-order valence-corrected chi connectivity index (χ2v) is 11.5. The van der Waals surface area contributed by atoms with Gasteiger partial charge in [0.15, 0.2) is 0 Å². The first-order valence-corrected chi connectivity index (χ1v) is 14.8. The molecule has 1 saturated carbocycles. The molecule has 13 heteroatoms. The Morgan fingerprint density at radius 1 is 0.977 bits per heavy atom. The number of nitrogens with zero attached hydrogens (tertiary/aromatic N) is 2. The monoisotopic (exact) mass is 683 g/mol. The predicted molar refractivity (Wildman–Crippen MR) is 155 cm³/mol. The van der Waals surface area contributed by atoms with Crippen molar-refractivity contribution in [2.24, 2.45) is 5.92 Å². The molecule has 0 bridgehead atoms. The Hall–Kier alpha value is -3.42. The molecule has 1 saturated heterocycles. The number of carbonyl (C=O) groups excluding carboxylic acids is 1. The molecule has 1 aromatic heterocycles. The molecule has 1 aliphatic heterocycles. The fourth-order valence-electron chi connectivity index (χ4n) is 5.68. The van der Waals surface area contributed by atoms with E-state index in [1.807, 2.05) is 12.1 Å². The Kier molecular flexibility index (Phi) is 11.4. The van der Waals surface area contributed by atoms with Crippen LogP contribution in [-0.2, 0) is 14.3 Å². The van der Waals surface area contributed by atoms with Crippen LogP contribution < -0.4 is 5.32 Å². The molecule has 2 N–H and O–H groups in total. The molecule has 0 spiro atoms. The molecule has 236 valence electrons. The van der Waals surface area contributed by atoms with E-state index >= 15 is 0 Å². The lowest BCUT2D eigenvalue weighted by Gasteiger charge is -2.42. The highest BCUT2D eigenvalue weighted by Crippen LogP contribution is 2.41. The van der Waals surface area contributed by atoms with Crippen molar-refractivity contribution in [3.8, 4) is 0 Å². The number of hydrogen-bond acceptors (Lipinski definition) is 5. The van der Waals surface area contributed by atoms with Gasteiger partial charge in [0.05, 0.1) is 19.3 Å². The number of amides is 1. The van der Waals surface area contributed by atoms with Crippen molar-refractivity contribution in [2.45, 2.75) is 43.4 Å². The van der Waals surface area contributed by atoms with Crippen molar-refractivity contribution in [2.75, 3.05) is 26.3 Å². The number of ether oxygens (including phenoxy) is 1. The fraction of sp³-hybridized carbons (Fsp3) is 0.387. The van der Waals surface area contributed by atoms with Gasteiger partial charge in [-0.15, -0.1) is 0 Å². The zero-order chi connectivity index (χ0) is 31.9. The molecule has 2 aromatic carbocycles. The van der Waals surface area contributed by atoms with Crippen molar-refractivity contribution in [3.63, 3.8) is 0 Å². The van der Waals surface area contributed by atoms with Crippen LogP contribution >= 0.6 is 15.9 Å². The van der Waals surface area contributed by atoms with Crippen molar-refractivity contribution in [3.05, 3.63) is 99.8 Å². The van der Waals surface area contributed by atoms with Gasteiger partial charge in [0.1, 0.15) is 5.82 Å². The van der Waals surface area contributed by atoms with E-state index in [1.165, 1.54) is 24.4 Å². The van der Waals surface area contributed by atoms with Crippen molar-refractivity contribution < 1.29 is 41.4 Å². The third-order valence-electron chi connectivity index (χ3n) is 7.84. The van der Waals surface area contributed by atoms with Gasteiger partial charge in [0.2, 0.25) is 11.9 Å². The van der Waals surface area contributed by atoms with Crippen LogP contribution in [-0.4, -0.2) is 65.4 Å². The predicted octanol–water partition coefficient (Wildman–Crippen LogP) is 6.25. The van der Waals surface area contributed by atoms with Gasteiger partial charge < -0.3 is 15.2 Å². The number of aromatic nitrogens is 1. The summed E-state index contributed by atoms with van der Waals surface area (Å²) in [5.74, 6) is -4.04. The Labute approximate surface area is 259 Å². The highest BCUT2D eigenvalue weighted by molar-refractivity contribution is 9.10. The zero-order valence-corrected chi connectivity index (χ0v) is 25.0. The van der Waals surface area contributed by atoms with E-state index in [2.05, 4.69) is 43.3 Å². The van der Waals surface area contributed by atoms with Gasteiger partial charge in [-0.1, -0.05) is 40.2 Å². The van der Waals surface area contributed by atoms with Gasteiger partial charge in [0.25, 0.3) is 0 Å². The zero-order valence-electron chi connectivity index (χ0n) is 23.4. The Bertz CT molecular complexity index is 1400. The van der Waals surface area contributed by atoms with Crippen LogP contribution in [0, 0.1) is 17.7 Å². The number of carbonyl (C=O) groups is 2. The average Bonchev–Trinajstić information content (AvgIpc) is 3.01. The number of aliphatic carboxylic acids is 1. The van der Waals surface area contributed by atoms with Gasteiger partial charge in [-0.05, 0) is 78.3 Å². The number of halogens is 6. The highest BCUT2D eigenvalue weighted by Gasteiger charge is 2.39. The summed E-state index contributed by atoms with van der Waals surface area (Å²) < 4.78 is 66.0. The number of rotatable bonds is 6. The van der Waals surface area contributed by atoms with Crippen LogP contribution in [0.2, 0.25) is 0 Å². The number of hydrogen-bond donors (Lipinski definition) is 2. The maximum Gasteiger partial charge on any atom is 0.490 e. The number of benzene rings is 2. The second kappa shape index (κ2) is 15.0. The lowest BCUT2D eigenvalue weighted by atomic mass is 9.72. The number of pyridine rings is 1. The SMILES string of the molecule is O=C(NC(c1ccc(F)cc1)c1ccnc(F)c1)[C@@H]1CC[C@@H](N2CCOCC2)C[C@H]1c1ccc(Br)cc1.O=C(O)C(F)(F)F. The minimum Gasteiger partial charge on any atom is -0.475 e. The molecule has 4 atom stereocenters.